The summed E-state index contributed by atoms with van der Waals surface area (Å²) in [5.74, 6) is 0. The zero-order chi connectivity index (χ0) is 12.5. The Kier molecular flexibility index (Phi) is 2.92. The molecule has 3 rings (SSSR count). The summed E-state index contributed by atoms with van der Waals surface area (Å²) in [6.07, 6.45) is 0. The van der Waals surface area contributed by atoms with Crippen LogP contribution < -0.4 is 0 Å². The number of aryl methyl sites for hydroxylation is 1. The van der Waals surface area contributed by atoms with E-state index in [0.29, 0.717) is 0 Å². The molecule has 0 nitrogen and oxygen atoms in total. The van der Waals surface area contributed by atoms with Crippen LogP contribution in [0.3, 0.4) is 0 Å². The number of halogens is 1. The van der Waals surface area contributed by atoms with E-state index in [1.807, 2.05) is 0 Å². The molecule has 3 aromatic rings. The summed E-state index contributed by atoms with van der Waals surface area (Å²) < 4.78 is 1.19. The highest BCUT2D eigenvalue weighted by atomic mass is 79.9. The molecule has 0 aliphatic rings. The lowest BCUT2D eigenvalue weighted by Gasteiger charge is -2.12. The Morgan fingerprint density at radius 1 is 0.833 bits per heavy atom. The van der Waals surface area contributed by atoms with Crippen LogP contribution in [0.2, 0.25) is 0 Å². The third kappa shape index (κ3) is 1.85. The summed E-state index contributed by atoms with van der Waals surface area (Å²) in [6.45, 7) is 2.14. The maximum Gasteiger partial charge on any atom is 0.0289 e. The minimum atomic E-state index is 1.19. The van der Waals surface area contributed by atoms with Crippen molar-refractivity contribution in [2.75, 3.05) is 0 Å². The molecule has 0 aromatic heterocycles. The fourth-order valence-corrected chi connectivity index (χ4v) is 2.91. The van der Waals surface area contributed by atoms with E-state index in [0.717, 1.165) is 0 Å². The number of hydrogen-bond donors (Lipinski definition) is 0. The number of benzene rings is 3. The molecule has 0 N–H and O–H groups in total. The Balaban J connectivity index is 2.43. The molecule has 0 atom stereocenters. The lowest BCUT2D eigenvalue weighted by molar-refractivity contribution is 1.46. The van der Waals surface area contributed by atoms with Crippen molar-refractivity contribution in [3.05, 3.63) is 70.7 Å². The summed E-state index contributed by atoms with van der Waals surface area (Å²) in [4.78, 5) is 0. The van der Waals surface area contributed by atoms with Gasteiger partial charge in [0.1, 0.15) is 0 Å². The Morgan fingerprint density at radius 3 is 2.28 bits per heavy atom. The van der Waals surface area contributed by atoms with Crippen molar-refractivity contribution in [1.29, 1.82) is 0 Å². The van der Waals surface area contributed by atoms with Gasteiger partial charge in [-0.1, -0.05) is 60.7 Å². The molecule has 88 valence electrons. The van der Waals surface area contributed by atoms with Gasteiger partial charge in [0.2, 0.25) is 0 Å². The maximum atomic E-state index is 3.74. The topological polar surface area (TPSA) is 0 Å². The quantitative estimate of drug-likeness (QED) is 0.550. The highest BCUT2D eigenvalue weighted by molar-refractivity contribution is 9.10. The largest absolute Gasteiger partial charge is 0.0622 e. The van der Waals surface area contributed by atoms with Crippen molar-refractivity contribution in [1.82, 2.24) is 0 Å². The summed E-state index contributed by atoms with van der Waals surface area (Å²) in [5.41, 5.74) is 3.81. The molecule has 0 unspecified atom stereocenters. The van der Waals surface area contributed by atoms with Crippen molar-refractivity contribution in [3.8, 4) is 11.1 Å². The van der Waals surface area contributed by atoms with Gasteiger partial charge >= 0.3 is 0 Å². The molecular formula is C17H13Br. The average molecular weight is 297 g/mol. The Morgan fingerprint density at radius 2 is 1.50 bits per heavy atom. The fraction of sp³-hybridized carbons (Fsp3) is 0.0588. The van der Waals surface area contributed by atoms with E-state index in [9.17, 15) is 0 Å². The SMILES string of the molecule is Cc1cc2ccccc2c(-c2ccccc2)c1Br. The van der Waals surface area contributed by atoms with E-state index in [1.54, 1.807) is 0 Å². The van der Waals surface area contributed by atoms with Gasteiger partial charge in [-0.25, -0.2) is 0 Å². The first-order valence-electron chi connectivity index (χ1n) is 6.00. The first-order chi connectivity index (χ1) is 8.77. The molecule has 0 spiro atoms. The van der Waals surface area contributed by atoms with Gasteiger partial charge in [-0.3, -0.25) is 0 Å². The number of hydrogen-bond acceptors (Lipinski definition) is 0. The number of rotatable bonds is 1. The normalized spacial score (nSPS) is 10.8. The summed E-state index contributed by atoms with van der Waals surface area (Å²) >= 11 is 3.74. The molecule has 0 bridgehead atoms. The van der Waals surface area contributed by atoms with Crippen molar-refractivity contribution < 1.29 is 0 Å². The Labute approximate surface area is 115 Å². The monoisotopic (exact) mass is 296 g/mol. The van der Waals surface area contributed by atoms with Crippen LogP contribution in [0.4, 0.5) is 0 Å². The van der Waals surface area contributed by atoms with Crippen molar-refractivity contribution in [3.63, 3.8) is 0 Å². The van der Waals surface area contributed by atoms with E-state index in [4.69, 9.17) is 0 Å². The van der Waals surface area contributed by atoms with Gasteiger partial charge in [0.25, 0.3) is 0 Å². The van der Waals surface area contributed by atoms with Gasteiger partial charge in [0.15, 0.2) is 0 Å². The van der Waals surface area contributed by atoms with Crippen LogP contribution in [0.1, 0.15) is 5.56 Å². The van der Waals surface area contributed by atoms with E-state index >= 15 is 0 Å². The number of fused-ring (bicyclic) bond motifs is 1. The van der Waals surface area contributed by atoms with Crippen LogP contribution in [0.5, 0.6) is 0 Å². The second-order valence-corrected chi connectivity index (χ2v) is 5.26. The molecule has 18 heavy (non-hydrogen) atoms. The summed E-state index contributed by atoms with van der Waals surface area (Å²) in [7, 11) is 0. The summed E-state index contributed by atoms with van der Waals surface area (Å²) in [5, 5.41) is 2.58. The predicted molar refractivity (Wildman–Crippen MR) is 81.8 cm³/mol. The fourth-order valence-electron chi connectivity index (χ4n) is 2.35. The van der Waals surface area contributed by atoms with Gasteiger partial charge < -0.3 is 0 Å². The van der Waals surface area contributed by atoms with Gasteiger partial charge in [0, 0.05) is 10.0 Å². The second-order valence-electron chi connectivity index (χ2n) is 4.47. The van der Waals surface area contributed by atoms with Crippen molar-refractivity contribution in [2.45, 2.75) is 6.92 Å². The van der Waals surface area contributed by atoms with E-state index in [-0.39, 0.29) is 0 Å². The molecule has 0 aliphatic heterocycles. The minimum absolute atomic E-state index is 1.19. The molecule has 0 saturated carbocycles. The first-order valence-corrected chi connectivity index (χ1v) is 6.80. The van der Waals surface area contributed by atoms with Crippen LogP contribution in [-0.4, -0.2) is 0 Å². The molecular weight excluding hydrogens is 284 g/mol. The van der Waals surface area contributed by atoms with Crippen LogP contribution in [0, 0.1) is 6.92 Å². The van der Waals surface area contributed by atoms with E-state index < -0.39 is 0 Å². The molecule has 0 heterocycles. The Bertz CT molecular complexity index is 699. The van der Waals surface area contributed by atoms with Crippen LogP contribution in [0.15, 0.2) is 65.1 Å². The van der Waals surface area contributed by atoms with Crippen molar-refractivity contribution >= 4 is 26.7 Å². The van der Waals surface area contributed by atoms with Gasteiger partial charge in [-0.15, -0.1) is 0 Å². The average Bonchev–Trinajstić information content (AvgIpc) is 2.41. The molecule has 0 fully saturated rings. The smallest absolute Gasteiger partial charge is 0.0289 e. The van der Waals surface area contributed by atoms with E-state index in [1.165, 1.54) is 31.9 Å². The third-order valence-electron chi connectivity index (χ3n) is 3.23. The zero-order valence-electron chi connectivity index (χ0n) is 10.2. The maximum absolute atomic E-state index is 3.74. The minimum Gasteiger partial charge on any atom is -0.0622 e. The van der Waals surface area contributed by atoms with Crippen molar-refractivity contribution in [2.24, 2.45) is 0 Å². The lowest BCUT2D eigenvalue weighted by atomic mass is 9.96. The van der Waals surface area contributed by atoms with Gasteiger partial charge in [-0.05, 0) is 44.8 Å². The van der Waals surface area contributed by atoms with Crippen LogP contribution in [0.25, 0.3) is 21.9 Å². The highest BCUT2D eigenvalue weighted by Gasteiger charge is 2.10. The van der Waals surface area contributed by atoms with Gasteiger partial charge in [-0.2, -0.15) is 0 Å². The Hall–Kier alpha value is -1.60. The lowest BCUT2D eigenvalue weighted by Crippen LogP contribution is -1.87. The first kappa shape index (κ1) is 11.5. The van der Waals surface area contributed by atoms with Gasteiger partial charge in [0.05, 0.1) is 0 Å². The van der Waals surface area contributed by atoms with Crippen LogP contribution >= 0.6 is 15.9 Å². The highest BCUT2D eigenvalue weighted by Crippen LogP contribution is 2.37. The van der Waals surface area contributed by atoms with Crippen LogP contribution in [-0.2, 0) is 0 Å². The molecule has 3 aromatic carbocycles. The van der Waals surface area contributed by atoms with E-state index in [2.05, 4.69) is 83.5 Å². The predicted octanol–water partition coefficient (Wildman–Crippen LogP) is 5.58. The molecule has 0 saturated heterocycles. The summed E-state index contributed by atoms with van der Waals surface area (Å²) in [6, 6.07) is 21.3. The standard InChI is InChI=1S/C17H13Br/c1-12-11-14-9-5-6-10-15(14)16(17(12)18)13-7-3-2-4-8-13/h2-11H,1H3. The third-order valence-corrected chi connectivity index (χ3v) is 4.25. The molecule has 0 aliphatic carbocycles. The second kappa shape index (κ2) is 4.58. The molecule has 0 radical (unpaired) electrons. The zero-order valence-corrected chi connectivity index (χ0v) is 11.7. The molecule has 0 amide bonds. The molecule has 1 heteroatoms.